The highest BCUT2D eigenvalue weighted by atomic mass is 32.2. The lowest BCUT2D eigenvalue weighted by molar-refractivity contribution is -0.121. The second kappa shape index (κ2) is 8.52. The highest BCUT2D eigenvalue weighted by Gasteiger charge is 2.04. The fraction of sp³-hybridized carbons (Fsp3) is 0.900. The van der Waals surface area contributed by atoms with Crippen LogP contribution in [0.5, 0.6) is 0 Å². The molecule has 0 heterocycles. The topological polar surface area (TPSA) is 89.3 Å². The van der Waals surface area contributed by atoms with Gasteiger partial charge in [0.1, 0.15) is 9.84 Å². The van der Waals surface area contributed by atoms with Crippen LogP contribution >= 0.6 is 0 Å². The first kappa shape index (κ1) is 15.4. The summed E-state index contributed by atoms with van der Waals surface area (Å²) in [6.45, 7) is 0.904. The van der Waals surface area contributed by atoms with Crippen LogP contribution in [-0.4, -0.2) is 39.4 Å². The number of sulfone groups is 1. The number of nitrogens with one attached hydrogen (secondary N) is 1. The second-order valence-electron chi connectivity index (χ2n) is 3.93. The maximum Gasteiger partial charge on any atom is 0.220 e. The molecule has 0 aliphatic heterocycles. The quantitative estimate of drug-likeness (QED) is 0.566. The summed E-state index contributed by atoms with van der Waals surface area (Å²) in [7, 11) is -2.98. The van der Waals surface area contributed by atoms with E-state index in [9.17, 15) is 13.2 Å². The van der Waals surface area contributed by atoms with Gasteiger partial charge < -0.3 is 11.1 Å². The van der Waals surface area contributed by atoms with Crippen molar-refractivity contribution in [1.82, 2.24) is 5.32 Å². The minimum Gasteiger partial charge on any atom is -0.355 e. The number of nitrogens with two attached hydrogens (primary N) is 1. The number of hydrogen-bond acceptors (Lipinski definition) is 4. The van der Waals surface area contributed by atoms with Crippen molar-refractivity contribution in [2.24, 2.45) is 5.73 Å². The Bertz CT molecular complexity index is 288. The molecule has 96 valence electrons. The third-order valence-corrected chi connectivity index (χ3v) is 3.10. The number of amides is 1. The molecule has 0 rings (SSSR count). The summed E-state index contributed by atoms with van der Waals surface area (Å²) in [5, 5.41) is 2.59. The van der Waals surface area contributed by atoms with Gasteiger partial charge in [0, 0.05) is 19.2 Å². The Hall–Kier alpha value is -0.620. The summed E-state index contributed by atoms with van der Waals surface area (Å²) in [5.41, 5.74) is 5.34. The van der Waals surface area contributed by atoms with Crippen LogP contribution in [0.25, 0.3) is 0 Å². The lowest BCUT2D eigenvalue weighted by Crippen LogP contribution is -2.28. The number of hydrogen-bond donors (Lipinski definition) is 2. The van der Waals surface area contributed by atoms with Crippen LogP contribution in [0.2, 0.25) is 0 Å². The molecule has 6 heteroatoms. The Balaban J connectivity index is 3.38. The molecule has 0 saturated carbocycles. The van der Waals surface area contributed by atoms with Gasteiger partial charge in [0.2, 0.25) is 5.91 Å². The van der Waals surface area contributed by atoms with E-state index in [4.69, 9.17) is 5.73 Å². The summed E-state index contributed by atoms with van der Waals surface area (Å²) in [6, 6.07) is 0. The average molecular weight is 250 g/mol. The highest BCUT2D eigenvalue weighted by Crippen LogP contribution is 2.01. The predicted molar refractivity (Wildman–Crippen MR) is 64.9 cm³/mol. The smallest absolute Gasteiger partial charge is 0.220 e. The largest absolute Gasteiger partial charge is 0.355 e. The van der Waals surface area contributed by atoms with Gasteiger partial charge in [0.25, 0.3) is 0 Å². The van der Waals surface area contributed by atoms with Gasteiger partial charge in [0.15, 0.2) is 0 Å². The van der Waals surface area contributed by atoms with Gasteiger partial charge >= 0.3 is 0 Å². The van der Waals surface area contributed by atoms with Crippen molar-refractivity contribution in [2.75, 3.05) is 25.1 Å². The van der Waals surface area contributed by atoms with Crippen LogP contribution in [0.1, 0.15) is 32.1 Å². The van der Waals surface area contributed by atoms with E-state index < -0.39 is 9.84 Å². The molecule has 0 aromatic rings. The molecule has 0 saturated heterocycles. The zero-order valence-corrected chi connectivity index (χ0v) is 10.7. The summed E-state index contributed by atoms with van der Waals surface area (Å²) in [6.07, 6.45) is 5.50. The molecular weight excluding hydrogens is 228 g/mol. The van der Waals surface area contributed by atoms with Crippen molar-refractivity contribution in [3.05, 3.63) is 0 Å². The molecule has 3 N–H and O–H groups in total. The molecule has 0 atom stereocenters. The zero-order valence-electron chi connectivity index (χ0n) is 9.87. The molecule has 0 aromatic carbocycles. The van der Waals surface area contributed by atoms with Crippen LogP contribution in [0.4, 0.5) is 0 Å². The van der Waals surface area contributed by atoms with Gasteiger partial charge in [-0.15, -0.1) is 0 Å². The Kier molecular flexibility index (Phi) is 8.19. The van der Waals surface area contributed by atoms with Crippen molar-refractivity contribution in [3.63, 3.8) is 0 Å². The molecule has 0 spiro atoms. The first-order valence-corrected chi connectivity index (χ1v) is 7.66. The maximum absolute atomic E-state index is 11.2. The number of rotatable bonds is 9. The number of carbonyl (C=O) groups excluding carboxylic acids is 1. The Labute approximate surface area is 97.7 Å². The van der Waals surface area contributed by atoms with E-state index in [-0.39, 0.29) is 18.2 Å². The fourth-order valence-electron chi connectivity index (χ4n) is 1.25. The van der Waals surface area contributed by atoms with E-state index in [1.165, 1.54) is 0 Å². The summed E-state index contributed by atoms with van der Waals surface area (Å²) >= 11 is 0. The van der Waals surface area contributed by atoms with E-state index in [2.05, 4.69) is 5.32 Å². The van der Waals surface area contributed by atoms with Crippen LogP contribution in [-0.2, 0) is 14.6 Å². The number of carbonyl (C=O) groups is 1. The normalized spacial score (nSPS) is 11.4. The van der Waals surface area contributed by atoms with Crippen molar-refractivity contribution in [2.45, 2.75) is 32.1 Å². The molecule has 0 radical (unpaired) electrons. The highest BCUT2D eigenvalue weighted by molar-refractivity contribution is 7.90. The molecule has 16 heavy (non-hydrogen) atoms. The fourth-order valence-corrected chi connectivity index (χ4v) is 1.72. The Morgan fingerprint density at radius 3 is 2.38 bits per heavy atom. The maximum atomic E-state index is 11.2. The lowest BCUT2D eigenvalue weighted by atomic mass is 10.1. The van der Waals surface area contributed by atoms with E-state index in [0.717, 1.165) is 31.9 Å². The van der Waals surface area contributed by atoms with Crippen molar-refractivity contribution in [3.8, 4) is 0 Å². The van der Waals surface area contributed by atoms with Crippen LogP contribution in [0.15, 0.2) is 0 Å². The van der Waals surface area contributed by atoms with E-state index >= 15 is 0 Å². The van der Waals surface area contributed by atoms with Crippen LogP contribution in [0.3, 0.4) is 0 Å². The number of unbranched alkanes of at least 4 members (excludes halogenated alkanes) is 3. The third kappa shape index (κ3) is 11.5. The molecule has 0 bridgehead atoms. The van der Waals surface area contributed by atoms with E-state index in [0.29, 0.717) is 13.0 Å². The van der Waals surface area contributed by atoms with Gasteiger partial charge in [-0.2, -0.15) is 0 Å². The van der Waals surface area contributed by atoms with Crippen molar-refractivity contribution < 1.29 is 13.2 Å². The zero-order chi connectivity index (χ0) is 12.4. The third-order valence-electron chi connectivity index (χ3n) is 2.15. The molecule has 0 unspecified atom stereocenters. The van der Waals surface area contributed by atoms with Gasteiger partial charge in [0.05, 0.1) is 5.75 Å². The average Bonchev–Trinajstić information content (AvgIpc) is 2.15. The predicted octanol–water partition coefficient (Wildman–Crippen LogP) is 0.0564. The SMILES string of the molecule is CS(=O)(=O)CCNC(=O)CCCCCCN. The van der Waals surface area contributed by atoms with Gasteiger partial charge in [-0.05, 0) is 19.4 Å². The summed E-state index contributed by atoms with van der Waals surface area (Å²) in [5.74, 6) is -0.0669. The molecular formula is C10H22N2O3S. The monoisotopic (exact) mass is 250 g/mol. The van der Waals surface area contributed by atoms with Gasteiger partial charge in [-0.3, -0.25) is 4.79 Å². The Morgan fingerprint density at radius 2 is 1.81 bits per heavy atom. The minimum absolute atomic E-state index is 0.00587. The van der Waals surface area contributed by atoms with Crippen LogP contribution < -0.4 is 11.1 Å². The first-order chi connectivity index (χ1) is 7.45. The van der Waals surface area contributed by atoms with Crippen molar-refractivity contribution >= 4 is 15.7 Å². The van der Waals surface area contributed by atoms with E-state index in [1.807, 2.05) is 0 Å². The molecule has 0 fully saturated rings. The lowest BCUT2D eigenvalue weighted by Gasteiger charge is -2.04. The molecule has 0 aromatic heterocycles. The first-order valence-electron chi connectivity index (χ1n) is 5.60. The van der Waals surface area contributed by atoms with Crippen molar-refractivity contribution in [1.29, 1.82) is 0 Å². The van der Waals surface area contributed by atoms with Gasteiger partial charge in [-0.25, -0.2) is 8.42 Å². The molecule has 0 aliphatic carbocycles. The molecule has 5 nitrogen and oxygen atoms in total. The molecule has 0 aliphatic rings. The van der Waals surface area contributed by atoms with Crippen LogP contribution in [0, 0.1) is 0 Å². The summed E-state index contributed by atoms with van der Waals surface area (Å²) in [4.78, 5) is 11.2. The summed E-state index contributed by atoms with van der Waals surface area (Å²) < 4.78 is 21.6. The van der Waals surface area contributed by atoms with E-state index in [1.54, 1.807) is 0 Å². The standard InChI is InChI=1S/C10H22N2O3S/c1-16(14,15)9-8-12-10(13)6-4-2-3-5-7-11/h2-9,11H2,1H3,(H,12,13). The molecule has 1 amide bonds. The van der Waals surface area contributed by atoms with Gasteiger partial charge in [-0.1, -0.05) is 12.8 Å². The second-order valence-corrected chi connectivity index (χ2v) is 6.19. The Morgan fingerprint density at radius 1 is 1.19 bits per heavy atom. The minimum atomic E-state index is -2.98.